The Hall–Kier alpha value is -9.43. The van der Waals surface area contributed by atoms with Crippen LogP contribution in [0.25, 0.3) is 115 Å². The summed E-state index contributed by atoms with van der Waals surface area (Å²) in [6.07, 6.45) is -4.68. The van der Waals surface area contributed by atoms with E-state index in [1.54, 1.807) is 0 Å². The number of rotatable bonds is 7. The third-order valence-electron chi connectivity index (χ3n) is 16.8. The van der Waals surface area contributed by atoms with Gasteiger partial charge in [0.15, 0.2) is 5.69 Å². The summed E-state index contributed by atoms with van der Waals surface area (Å²) in [5, 5.41) is 16.1. The maximum absolute atomic E-state index is 14.6. The molecule has 2 heterocycles. The monoisotopic (exact) mass is 1070 g/mol. The second kappa shape index (κ2) is 19.7. The quantitative estimate of drug-likeness (QED) is 0.147. The smallest absolute Gasteiger partial charge is 0.308 e. The van der Waals surface area contributed by atoms with E-state index in [0.717, 1.165) is 145 Å². The van der Waals surface area contributed by atoms with Crippen LogP contribution in [0.15, 0.2) is 152 Å². The predicted octanol–water partition coefficient (Wildman–Crippen LogP) is 21.4. The van der Waals surface area contributed by atoms with E-state index in [4.69, 9.17) is 6.57 Å². The molecule has 0 N–H and O–H groups in total. The van der Waals surface area contributed by atoms with Crippen molar-refractivity contribution in [2.24, 2.45) is 0 Å². The summed E-state index contributed by atoms with van der Waals surface area (Å²) in [6.45, 7) is 34.0. The van der Waals surface area contributed by atoms with E-state index in [9.17, 15) is 18.4 Å². The molecular formula is C75H61F3N4. The Morgan fingerprint density at radius 3 is 0.927 bits per heavy atom. The normalized spacial score (nSPS) is 11.8. The van der Waals surface area contributed by atoms with Gasteiger partial charge in [0.2, 0.25) is 0 Å². The molecule has 0 aliphatic carbocycles. The van der Waals surface area contributed by atoms with E-state index < -0.39 is 11.7 Å². The van der Waals surface area contributed by atoms with Crippen LogP contribution in [0.5, 0.6) is 0 Å². The Labute approximate surface area is 477 Å². The summed E-state index contributed by atoms with van der Waals surface area (Å²) < 4.78 is 48.1. The third-order valence-corrected chi connectivity index (χ3v) is 16.8. The molecule has 0 bridgehead atoms. The van der Waals surface area contributed by atoms with E-state index in [0.29, 0.717) is 28.1 Å². The molecule has 2 aromatic heterocycles. The summed E-state index contributed by atoms with van der Waals surface area (Å²) in [5.41, 5.74) is 26.8. The molecule has 0 fully saturated rings. The number of halogens is 3. The van der Waals surface area contributed by atoms with Crippen molar-refractivity contribution in [3.05, 3.63) is 241 Å². The van der Waals surface area contributed by atoms with Crippen LogP contribution in [0.3, 0.4) is 0 Å². The number of aryl methyl sites for hydroxylation is 12. The highest BCUT2D eigenvalue weighted by Crippen LogP contribution is 2.47. The Bertz CT molecular complexity index is 4250. The molecule has 0 saturated heterocycles. The van der Waals surface area contributed by atoms with Crippen LogP contribution >= 0.6 is 0 Å². The number of benzene rings is 10. The molecule has 0 atom stereocenters. The van der Waals surface area contributed by atoms with Crippen molar-refractivity contribution >= 4 is 49.3 Å². The maximum Gasteiger partial charge on any atom is 0.415 e. The maximum atomic E-state index is 14.6. The molecule has 12 aromatic rings. The molecule has 0 unspecified atom stereocenters. The van der Waals surface area contributed by atoms with Gasteiger partial charge in [0, 0.05) is 27.1 Å². The van der Waals surface area contributed by atoms with Gasteiger partial charge in [-0.1, -0.05) is 131 Å². The van der Waals surface area contributed by atoms with Crippen LogP contribution in [-0.4, -0.2) is 9.13 Å². The molecule has 402 valence electrons. The molecule has 0 amide bonds. The molecule has 12 rings (SSSR count). The first-order valence-electron chi connectivity index (χ1n) is 27.8. The first-order valence-corrected chi connectivity index (χ1v) is 27.8. The minimum atomic E-state index is -4.68. The molecule has 4 nitrogen and oxygen atoms in total. The van der Waals surface area contributed by atoms with Gasteiger partial charge in [0.25, 0.3) is 0 Å². The van der Waals surface area contributed by atoms with Gasteiger partial charge in [-0.15, -0.1) is 0 Å². The lowest BCUT2D eigenvalue weighted by molar-refractivity contribution is -0.137. The van der Waals surface area contributed by atoms with Crippen LogP contribution in [0, 0.1) is 101 Å². The summed E-state index contributed by atoms with van der Waals surface area (Å²) in [6, 6.07) is 53.9. The zero-order valence-electron chi connectivity index (χ0n) is 48.4. The largest absolute Gasteiger partial charge is 0.415 e. The second-order valence-electron chi connectivity index (χ2n) is 23.0. The average molecular weight is 1080 g/mol. The molecular weight excluding hydrogens is 1010 g/mol. The Balaban J connectivity index is 1.28. The fraction of sp³-hybridized carbons (Fsp3) is 0.173. The highest BCUT2D eigenvalue weighted by molar-refractivity contribution is 6.14. The van der Waals surface area contributed by atoms with Gasteiger partial charge in [0.1, 0.15) is 11.6 Å². The first-order chi connectivity index (χ1) is 39.1. The highest BCUT2D eigenvalue weighted by Gasteiger charge is 2.32. The van der Waals surface area contributed by atoms with Crippen molar-refractivity contribution in [2.75, 3.05) is 0 Å². The Kier molecular flexibility index (Phi) is 12.8. The summed E-state index contributed by atoms with van der Waals surface area (Å²) in [7, 11) is 0. The van der Waals surface area contributed by atoms with Gasteiger partial charge in [-0.3, -0.25) is 0 Å². The van der Waals surface area contributed by atoms with Gasteiger partial charge in [0.05, 0.1) is 40.0 Å². The van der Waals surface area contributed by atoms with Gasteiger partial charge < -0.3 is 9.13 Å². The minimum absolute atomic E-state index is 0.152. The second-order valence-corrected chi connectivity index (χ2v) is 23.0. The number of alkyl halides is 3. The van der Waals surface area contributed by atoms with Crippen LogP contribution in [0.4, 0.5) is 18.9 Å². The molecule has 0 aliphatic rings. The lowest BCUT2D eigenvalue weighted by Gasteiger charge is -2.20. The molecule has 0 saturated carbocycles. The van der Waals surface area contributed by atoms with Crippen molar-refractivity contribution < 1.29 is 13.2 Å². The standard InChI is InChI=1S/C75H61F3N4/c1-40-24-44(5)71(45(6)25-40)52-14-19-59-60-20-15-53(72-46(7)26-41(2)27-47(72)8)33-66(60)81(65(59)32-52)69-36-56(58-23-18-57(75(76,77)78)38-64(58)80-13)37-70(63(69)39-79)82-67-34-54(73-48(9)28-42(3)29-49(73)10)16-21-61(67)62-22-17-55(35-68(62)82)74-50(11)30-43(4)31-51(74)12/h14-38H,1-12H3. The van der Waals surface area contributed by atoms with E-state index >= 15 is 0 Å². The molecule has 7 heteroatoms. The number of aromatic nitrogens is 2. The number of fused-ring (bicyclic) bond motifs is 6. The Morgan fingerprint density at radius 1 is 0.378 bits per heavy atom. The van der Waals surface area contributed by atoms with Crippen LogP contribution in [0.2, 0.25) is 0 Å². The average Bonchev–Trinajstić information content (AvgIpc) is 2.81. The SMILES string of the molecule is [C-]#[N+]c1cc(C(F)(F)F)ccc1-c1cc(-n2c3cc(-c4c(C)cc(C)cc4C)ccc3c3ccc(-c4c(C)cc(C)cc4C)cc32)c(C#N)c(-n2c3cc(-c4c(C)cc(C)cc4C)ccc3c3ccc(-c4c(C)cc(C)cc4C)cc32)c1. The van der Waals surface area contributed by atoms with E-state index in [1.165, 1.54) is 28.3 Å². The summed E-state index contributed by atoms with van der Waals surface area (Å²) in [5.74, 6) is 0. The fourth-order valence-electron chi connectivity index (χ4n) is 14.0. The molecule has 0 radical (unpaired) electrons. The van der Waals surface area contributed by atoms with Crippen molar-refractivity contribution in [3.63, 3.8) is 0 Å². The first kappa shape index (κ1) is 53.2. The molecule has 0 aliphatic heterocycles. The fourth-order valence-corrected chi connectivity index (χ4v) is 14.0. The number of nitriles is 1. The van der Waals surface area contributed by atoms with Crippen LogP contribution in [0.1, 0.15) is 77.9 Å². The lowest BCUT2D eigenvalue weighted by atomic mass is 9.92. The predicted molar refractivity (Wildman–Crippen MR) is 335 cm³/mol. The zero-order chi connectivity index (χ0) is 58.0. The number of nitrogens with zero attached hydrogens (tertiary/aromatic N) is 4. The third kappa shape index (κ3) is 8.75. The van der Waals surface area contributed by atoms with Crippen molar-refractivity contribution in [1.29, 1.82) is 5.26 Å². The van der Waals surface area contributed by atoms with Crippen molar-refractivity contribution in [1.82, 2.24) is 9.13 Å². The Morgan fingerprint density at radius 2 is 0.671 bits per heavy atom. The minimum Gasteiger partial charge on any atom is -0.308 e. The van der Waals surface area contributed by atoms with Gasteiger partial charge in [-0.2, -0.15) is 18.4 Å². The van der Waals surface area contributed by atoms with Gasteiger partial charge in [-0.05, 0) is 226 Å². The molecule has 0 spiro atoms. The number of hydrogen-bond donors (Lipinski definition) is 0. The lowest BCUT2D eigenvalue weighted by Crippen LogP contribution is -2.06. The van der Waals surface area contributed by atoms with Crippen molar-refractivity contribution in [3.8, 4) is 73.1 Å². The van der Waals surface area contributed by atoms with E-state index in [1.807, 2.05) is 12.1 Å². The zero-order valence-corrected chi connectivity index (χ0v) is 48.4. The van der Waals surface area contributed by atoms with Crippen LogP contribution in [-0.2, 0) is 6.18 Å². The van der Waals surface area contributed by atoms with Gasteiger partial charge in [-0.25, -0.2) is 4.85 Å². The number of hydrogen-bond acceptors (Lipinski definition) is 1. The molecule has 10 aromatic carbocycles. The van der Waals surface area contributed by atoms with E-state index in [-0.39, 0.29) is 5.69 Å². The van der Waals surface area contributed by atoms with E-state index in [2.05, 4.69) is 224 Å². The molecule has 82 heavy (non-hydrogen) atoms. The van der Waals surface area contributed by atoms with Gasteiger partial charge >= 0.3 is 6.18 Å². The summed E-state index contributed by atoms with van der Waals surface area (Å²) >= 11 is 0. The highest BCUT2D eigenvalue weighted by atomic mass is 19.4. The van der Waals surface area contributed by atoms with Crippen LogP contribution < -0.4 is 0 Å². The summed E-state index contributed by atoms with van der Waals surface area (Å²) in [4.78, 5) is 3.79. The topological polar surface area (TPSA) is 38.0 Å². The van der Waals surface area contributed by atoms with Crippen molar-refractivity contribution in [2.45, 2.75) is 89.3 Å².